The molecule has 23 heavy (non-hydrogen) atoms. The van der Waals surface area contributed by atoms with Gasteiger partial charge in [0.25, 0.3) is 0 Å². The molecular weight excluding hydrogens is 331 g/mol. The highest BCUT2D eigenvalue weighted by atomic mass is 32.2. The second-order valence-electron chi connectivity index (χ2n) is 4.65. The first-order valence-corrected chi connectivity index (χ1v) is 8.00. The monoisotopic (exact) mass is 343 g/mol. The summed E-state index contributed by atoms with van der Waals surface area (Å²) in [6.07, 6.45) is -0.205. The Kier molecular flexibility index (Phi) is 5.05. The highest BCUT2D eigenvalue weighted by Gasteiger charge is 2.26. The summed E-state index contributed by atoms with van der Waals surface area (Å²) in [4.78, 5) is 11.3. The topological polar surface area (TPSA) is 63.2 Å². The second kappa shape index (κ2) is 6.82. The molecule has 2 rings (SSSR count). The molecule has 0 aromatic heterocycles. The van der Waals surface area contributed by atoms with E-state index in [1.807, 2.05) is 0 Å². The molecule has 0 saturated carbocycles. The van der Waals surface area contributed by atoms with Gasteiger partial charge in [0.1, 0.15) is 5.82 Å². The molecule has 0 aliphatic heterocycles. The minimum atomic E-state index is -4.67. The molecule has 0 radical (unpaired) electrons. The molecule has 0 aliphatic rings. The van der Waals surface area contributed by atoms with E-state index >= 15 is 0 Å². The maximum absolute atomic E-state index is 13.4. The lowest BCUT2D eigenvalue weighted by atomic mass is 10.1. The fourth-order valence-electron chi connectivity index (χ4n) is 1.85. The molecule has 1 amide bonds. The summed E-state index contributed by atoms with van der Waals surface area (Å²) >= 11 is 0. The predicted octanol–water partition coefficient (Wildman–Crippen LogP) is 3.00. The third kappa shape index (κ3) is 4.10. The number of anilines is 1. The van der Waals surface area contributed by atoms with Crippen molar-refractivity contribution in [1.29, 1.82) is 0 Å². The Morgan fingerprint density at radius 2 is 1.65 bits per heavy atom. The van der Waals surface area contributed by atoms with Gasteiger partial charge < -0.3 is 5.32 Å². The van der Waals surface area contributed by atoms with E-state index in [4.69, 9.17) is 0 Å². The highest BCUT2D eigenvalue weighted by molar-refractivity contribution is 7.91. The summed E-state index contributed by atoms with van der Waals surface area (Å²) in [5, 5.41) is 2.44. The van der Waals surface area contributed by atoms with Crippen LogP contribution in [0.1, 0.15) is 5.56 Å². The fraction of sp³-hybridized carbons (Fsp3) is 0.133. The second-order valence-corrected chi connectivity index (χ2v) is 6.56. The van der Waals surface area contributed by atoms with Gasteiger partial charge in [-0.2, -0.15) is 8.78 Å². The lowest BCUT2D eigenvalue weighted by Gasteiger charge is -2.07. The van der Waals surface area contributed by atoms with E-state index in [9.17, 15) is 26.4 Å². The number of carbonyl (C=O) groups is 1. The van der Waals surface area contributed by atoms with Crippen LogP contribution in [-0.4, -0.2) is 20.1 Å². The Morgan fingerprint density at radius 3 is 2.22 bits per heavy atom. The van der Waals surface area contributed by atoms with Gasteiger partial charge in [-0.15, -0.1) is 0 Å². The zero-order valence-corrected chi connectivity index (χ0v) is 12.5. The van der Waals surface area contributed by atoms with Gasteiger partial charge in [0, 0.05) is 5.69 Å². The molecule has 122 valence electrons. The van der Waals surface area contributed by atoms with Crippen molar-refractivity contribution >= 4 is 21.4 Å². The standard InChI is InChI=1S/C15H12F3NO3S/c16-13-4-2-1-3-10(13)9-14(20)19-11-5-7-12(8-6-11)23(21,22)15(17)18/h1-8,15H,9H2,(H,19,20). The first-order chi connectivity index (χ1) is 10.8. The van der Waals surface area contributed by atoms with Gasteiger partial charge in [0.2, 0.25) is 15.7 Å². The summed E-state index contributed by atoms with van der Waals surface area (Å²) in [5.41, 5.74) is 0.432. The zero-order chi connectivity index (χ0) is 17.0. The van der Waals surface area contributed by atoms with Gasteiger partial charge in [-0.25, -0.2) is 12.8 Å². The Bertz CT molecular complexity index is 805. The molecule has 4 nitrogen and oxygen atoms in total. The van der Waals surface area contributed by atoms with Gasteiger partial charge in [-0.3, -0.25) is 4.79 Å². The quantitative estimate of drug-likeness (QED) is 0.908. The van der Waals surface area contributed by atoms with E-state index < -0.39 is 32.2 Å². The zero-order valence-electron chi connectivity index (χ0n) is 11.7. The molecule has 1 N–H and O–H groups in total. The van der Waals surface area contributed by atoms with Crippen LogP contribution in [0.25, 0.3) is 0 Å². The van der Waals surface area contributed by atoms with Gasteiger partial charge in [-0.05, 0) is 35.9 Å². The summed E-state index contributed by atoms with van der Waals surface area (Å²) in [5.74, 6) is -4.54. The average molecular weight is 343 g/mol. The Labute approximate surface area is 130 Å². The Morgan fingerprint density at radius 1 is 1.04 bits per heavy atom. The van der Waals surface area contributed by atoms with Crippen molar-refractivity contribution in [3.05, 3.63) is 59.9 Å². The van der Waals surface area contributed by atoms with Crippen molar-refractivity contribution in [3.63, 3.8) is 0 Å². The summed E-state index contributed by atoms with van der Waals surface area (Å²) in [6, 6.07) is 10.1. The first kappa shape index (κ1) is 17.0. The molecule has 0 heterocycles. The van der Waals surface area contributed by atoms with Gasteiger partial charge in [0.15, 0.2) is 0 Å². The van der Waals surface area contributed by atoms with Crippen molar-refractivity contribution in [3.8, 4) is 0 Å². The molecule has 0 atom stereocenters. The summed E-state index contributed by atoms with van der Waals surface area (Å²) < 4.78 is 60.8. The number of nitrogens with one attached hydrogen (secondary N) is 1. The molecule has 2 aromatic rings. The Balaban J connectivity index is 2.07. The van der Waals surface area contributed by atoms with Gasteiger partial charge in [-0.1, -0.05) is 18.2 Å². The molecular formula is C15H12F3NO3S. The van der Waals surface area contributed by atoms with E-state index in [1.54, 1.807) is 6.07 Å². The SMILES string of the molecule is O=C(Cc1ccccc1F)Nc1ccc(S(=O)(=O)C(F)F)cc1. The molecule has 0 aliphatic carbocycles. The van der Waals surface area contributed by atoms with Crippen molar-refractivity contribution < 1.29 is 26.4 Å². The molecule has 0 unspecified atom stereocenters. The van der Waals surface area contributed by atoms with Crippen LogP contribution in [0.5, 0.6) is 0 Å². The lowest BCUT2D eigenvalue weighted by molar-refractivity contribution is -0.115. The molecule has 0 saturated heterocycles. The number of benzene rings is 2. The third-order valence-electron chi connectivity index (χ3n) is 3.01. The number of carbonyl (C=O) groups excluding carboxylic acids is 1. The smallest absolute Gasteiger partial charge is 0.326 e. The van der Waals surface area contributed by atoms with E-state index in [2.05, 4.69) is 5.32 Å². The van der Waals surface area contributed by atoms with Crippen LogP contribution in [0.15, 0.2) is 53.4 Å². The van der Waals surface area contributed by atoms with Gasteiger partial charge >= 0.3 is 5.76 Å². The van der Waals surface area contributed by atoms with E-state index in [0.717, 1.165) is 12.1 Å². The molecule has 0 fully saturated rings. The third-order valence-corrected chi connectivity index (χ3v) is 4.41. The number of hydrogen-bond acceptors (Lipinski definition) is 3. The van der Waals surface area contributed by atoms with Crippen molar-refractivity contribution in [2.24, 2.45) is 0 Å². The van der Waals surface area contributed by atoms with Crippen LogP contribution in [0.3, 0.4) is 0 Å². The average Bonchev–Trinajstić information content (AvgIpc) is 2.50. The van der Waals surface area contributed by atoms with Crippen LogP contribution >= 0.6 is 0 Å². The molecule has 0 bridgehead atoms. The fourth-order valence-corrected chi connectivity index (χ4v) is 2.57. The number of alkyl halides is 2. The summed E-state index contributed by atoms with van der Waals surface area (Å²) in [6.45, 7) is 0. The number of rotatable bonds is 5. The van der Waals surface area contributed by atoms with E-state index in [1.165, 1.54) is 30.3 Å². The van der Waals surface area contributed by atoms with Crippen LogP contribution in [0, 0.1) is 5.82 Å². The molecule has 8 heteroatoms. The normalized spacial score (nSPS) is 11.5. The van der Waals surface area contributed by atoms with Gasteiger partial charge in [0.05, 0.1) is 11.3 Å². The first-order valence-electron chi connectivity index (χ1n) is 6.46. The number of sulfone groups is 1. The number of amides is 1. The number of hydrogen-bond donors (Lipinski definition) is 1. The largest absolute Gasteiger partial charge is 0.341 e. The van der Waals surface area contributed by atoms with Crippen LogP contribution in [-0.2, 0) is 21.1 Å². The maximum Gasteiger partial charge on any atom is 0.341 e. The number of halogens is 3. The summed E-state index contributed by atoms with van der Waals surface area (Å²) in [7, 11) is -4.67. The highest BCUT2D eigenvalue weighted by Crippen LogP contribution is 2.20. The minimum absolute atomic E-state index is 0.205. The predicted molar refractivity (Wildman–Crippen MR) is 78.4 cm³/mol. The lowest BCUT2D eigenvalue weighted by Crippen LogP contribution is -2.15. The molecule has 2 aromatic carbocycles. The van der Waals surface area contributed by atoms with Crippen LogP contribution in [0.4, 0.5) is 18.9 Å². The van der Waals surface area contributed by atoms with Crippen LogP contribution < -0.4 is 5.32 Å². The van der Waals surface area contributed by atoms with Crippen LogP contribution in [0.2, 0.25) is 0 Å². The van der Waals surface area contributed by atoms with E-state index in [-0.39, 0.29) is 17.7 Å². The Hall–Kier alpha value is -2.35. The molecule has 0 spiro atoms. The van der Waals surface area contributed by atoms with E-state index in [0.29, 0.717) is 0 Å². The maximum atomic E-state index is 13.4. The van der Waals surface area contributed by atoms with Crippen molar-refractivity contribution in [2.75, 3.05) is 5.32 Å². The van der Waals surface area contributed by atoms with Crippen molar-refractivity contribution in [2.45, 2.75) is 17.1 Å². The minimum Gasteiger partial charge on any atom is -0.326 e. The van der Waals surface area contributed by atoms with Crippen molar-refractivity contribution in [1.82, 2.24) is 0 Å².